The third-order valence-electron chi connectivity index (χ3n) is 4.90. The molecule has 0 aliphatic heterocycles. The maximum atomic E-state index is 15.4. The van der Waals surface area contributed by atoms with Gasteiger partial charge in [-0.2, -0.15) is 9.31 Å². The van der Waals surface area contributed by atoms with Crippen LogP contribution < -0.4 is 4.72 Å². The Labute approximate surface area is 149 Å². The zero-order valence-electron chi connectivity index (χ0n) is 14.6. The van der Waals surface area contributed by atoms with Crippen molar-refractivity contribution in [1.29, 1.82) is 0 Å². The lowest BCUT2D eigenvalue weighted by Crippen LogP contribution is -2.47. The molecule has 2 aromatic heterocycles. The summed E-state index contributed by atoms with van der Waals surface area (Å²) in [6.07, 6.45) is 6.21. The van der Waals surface area contributed by atoms with E-state index in [1.54, 1.807) is 38.5 Å². The van der Waals surface area contributed by atoms with Gasteiger partial charge in [0, 0.05) is 34.8 Å². The van der Waals surface area contributed by atoms with Crippen molar-refractivity contribution in [3.63, 3.8) is 0 Å². The standard InChI is InChI=1S/C18H19FN4O2S/c1-10(2)26(3,24,25)23-15-5-4-12-13-8-20-7-6-11(13)14-9-21-22-18(14)16(12)17(15)19/h4-10H,1-3H3,(H,21,22)(H2,23,24,25). The number of H-pyrrole nitrogens is 1. The molecular formula is C18H19FN4O2S. The summed E-state index contributed by atoms with van der Waals surface area (Å²) >= 11 is 0. The Morgan fingerprint density at radius 1 is 1.15 bits per heavy atom. The average Bonchev–Trinajstić information content (AvgIpc) is 3.06. The van der Waals surface area contributed by atoms with E-state index in [1.807, 2.05) is 6.07 Å². The van der Waals surface area contributed by atoms with Gasteiger partial charge in [0.25, 0.3) is 0 Å². The van der Waals surface area contributed by atoms with Gasteiger partial charge >= 0.3 is 0 Å². The number of halogens is 1. The van der Waals surface area contributed by atoms with Gasteiger partial charge in [0.2, 0.25) is 0 Å². The fourth-order valence-corrected chi connectivity index (χ4v) is 3.96. The summed E-state index contributed by atoms with van der Waals surface area (Å²) in [6.45, 7) is 3.24. The minimum atomic E-state index is -4.23. The summed E-state index contributed by atoms with van der Waals surface area (Å²) in [7, 11) is -4.23. The van der Waals surface area contributed by atoms with Crippen LogP contribution in [0.25, 0.3) is 32.4 Å². The second-order valence-electron chi connectivity index (χ2n) is 6.94. The molecule has 0 unspecified atom stereocenters. The molecule has 26 heavy (non-hydrogen) atoms. The van der Waals surface area contributed by atoms with E-state index in [4.69, 9.17) is 0 Å². The van der Waals surface area contributed by atoms with Crippen molar-refractivity contribution in [2.24, 2.45) is 0 Å². The highest BCUT2D eigenvalue weighted by Crippen LogP contribution is 2.38. The Hall–Kier alpha value is -2.58. The largest absolute Gasteiger partial charge is 0.287 e. The van der Waals surface area contributed by atoms with Crippen molar-refractivity contribution in [2.75, 3.05) is 11.0 Å². The zero-order chi connectivity index (χ0) is 18.7. The molecule has 0 saturated carbocycles. The van der Waals surface area contributed by atoms with E-state index in [2.05, 4.69) is 19.9 Å². The first-order chi connectivity index (χ1) is 12.2. The maximum Gasteiger partial charge on any atom is 0.157 e. The van der Waals surface area contributed by atoms with Crippen LogP contribution in [0.3, 0.4) is 0 Å². The zero-order valence-corrected chi connectivity index (χ0v) is 15.4. The number of nitrogens with zero attached hydrogens (tertiary/aromatic N) is 2. The Morgan fingerprint density at radius 2 is 1.92 bits per heavy atom. The number of anilines is 1. The van der Waals surface area contributed by atoms with Crippen LogP contribution in [0.4, 0.5) is 10.1 Å². The summed E-state index contributed by atoms with van der Waals surface area (Å²) in [5.41, 5.74) is 0.523. The van der Waals surface area contributed by atoms with Gasteiger partial charge in [-0.3, -0.25) is 19.4 Å². The van der Waals surface area contributed by atoms with Gasteiger partial charge in [-0.05, 0) is 36.8 Å². The predicted molar refractivity (Wildman–Crippen MR) is 104 cm³/mol. The van der Waals surface area contributed by atoms with E-state index in [0.29, 0.717) is 16.3 Å². The van der Waals surface area contributed by atoms with Crippen LogP contribution in [0, 0.1) is 5.82 Å². The first-order valence-corrected chi connectivity index (χ1v) is 10.5. The molecule has 0 bridgehead atoms. The predicted octanol–water partition coefficient (Wildman–Crippen LogP) is 4.06. The van der Waals surface area contributed by atoms with E-state index in [-0.39, 0.29) is 5.69 Å². The van der Waals surface area contributed by atoms with Crippen LogP contribution in [0.15, 0.2) is 36.8 Å². The van der Waals surface area contributed by atoms with Gasteiger partial charge in [-0.25, -0.2) is 4.39 Å². The molecule has 6 nitrogen and oxygen atoms in total. The van der Waals surface area contributed by atoms with Crippen molar-refractivity contribution < 1.29 is 13.2 Å². The van der Waals surface area contributed by atoms with Gasteiger partial charge in [0.15, 0.2) is 5.82 Å². The summed E-state index contributed by atoms with van der Waals surface area (Å²) in [5.74, 6) is -0.599. The van der Waals surface area contributed by atoms with Crippen molar-refractivity contribution in [3.05, 3.63) is 42.6 Å². The van der Waals surface area contributed by atoms with E-state index >= 15 is 4.39 Å². The topological polar surface area (TPSA) is 90.9 Å². The molecule has 0 fully saturated rings. The lowest BCUT2D eigenvalue weighted by Gasteiger charge is -2.44. The minimum Gasteiger partial charge on any atom is -0.287 e. The highest BCUT2D eigenvalue weighted by Gasteiger charge is 2.27. The summed E-state index contributed by atoms with van der Waals surface area (Å²) in [4.78, 5) is 4.15. The van der Waals surface area contributed by atoms with E-state index in [0.717, 1.165) is 16.2 Å². The minimum absolute atomic E-state index is 0.0210. The first-order valence-electron chi connectivity index (χ1n) is 8.15. The van der Waals surface area contributed by atoms with Gasteiger partial charge in [0.1, 0.15) is 0 Å². The Kier molecular flexibility index (Phi) is 3.38. The van der Waals surface area contributed by atoms with Gasteiger partial charge in [-0.1, -0.05) is 6.07 Å². The molecule has 0 aliphatic rings. The summed E-state index contributed by atoms with van der Waals surface area (Å²) < 4.78 is 41.3. The van der Waals surface area contributed by atoms with Crippen molar-refractivity contribution in [3.8, 4) is 0 Å². The smallest absolute Gasteiger partial charge is 0.157 e. The van der Waals surface area contributed by atoms with Crippen LogP contribution >= 0.6 is 0 Å². The summed E-state index contributed by atoms with van der Waals surface area (Å²) in [5, 5.41) is 9.77. The Bertz CT molecular complexity index is 1240. The molecule has 4 rings (SSSR count). The van der Waals surface area contributed by atoms with Gasteiger partial charge in [-0.15, -0.1) is 9.53 Å². The number of aromatic amines is 1. The van der Waals surface area contributed by atoms with Crippen LogP contribution in [-0.4, -0.2) is 35.4 Å². The number of fused-ring (bicyclic) bond motifs is 6. The Balaban J connectivity index is 2.08. The molecule has 0 amide bonds. The van der Waals surface area contributed by atoms with E-state index in [1.165, 1.54) is 12.3 Å². The van der Waals surface area contributed by atoms with Gasteiger partial charge < -0.3 is 0 Å². The SMILES string of the molecule is CC(C)S(C)(=O)(O)Nc1ccc2c3cnccc3c3cn[nH]c3c2c1F. The van der Waals surface area contributed by atoms with Crippen LogP contribution in [0.1, 0.15) is 13.8 Å². The first kappa shape index (κ1) is 16.9. The van der Waals surface area contributed by atoms with Crippen molar-refractivity contribution >= 4 is 47.7 Å². The van der Waals surface area contributed by atoms with E-state index < -0.39 is 20.6 Å². The molecule has 3 N–H and O–H groups in total. The molecule has 136 valence electrons. The number of nitrogens with one attached hydrogen (secondary N) is 2. The second-order valence-corrected chi connectivity index (χ2v) is 10.8. The molecule has 2 heterocycles. The fourth-order valence-electron chi connectivity index (χ4n) is 3.03. The molecule has 4 aromatic rings. The lowest BCUT2D eigenvalue weighted by molar-refractivity contribution is 0.514. The quantitative estimate of drug-likeness (QED) is 0.472. The van der Waals surface area contributed by atoms with Crippen molar-refractivity contribution in [1.82, 2.24) is 15.2 Å². The van der Waals surface area contributed by atoms with Crippen LogP contribution in [-0.2, 0) is 9.53 Å². The van der Waals surface area contributed by atoms with Gasteiger partial charge in [0.05, 0.1) is 22.7 Å². The molecule has 0 spiro atoms. The number of aromatic nitrogens is 3. The summed E-state index contributed by atoms with van der Waals surface area (Å²) in [6, 6.07) is 5.08. The number of benzene rings is 2. The van der Waals surface area contributed by atoms with E-state index in [9.17, 15) is 8.76 Å². The van der Waals surface area contributed by atoms with Crippen LogP contribution in [0.5, 0.6) is 0 Å². The second kappa shape index (κ2) is 5.21. The molecule has 0 aliphatic carbocycles. The average molecular weight is 374 g/mol. The highest BCUT2D eigenvalue weighted by molar-refractivity contribution is 8.16. The van der Waals surface area contributed by atoms with Crippen molar-refractivity contribution in [2.45, 2.75) is 19.1 Å². The number of hydrogen-bond donors (Lipinski definition) is 3. The fraction of sp³-hybridized carbons (Fsp3) is 0.222. The highest BCUT2D eigenvalue weighted by atomic mass is 32.3. The molecular weight excluding hydrogens is 355 g/mol. The lowest BCUT2D eigenvalue weighted by atomic mass is 9.99. The molecule has 0 saturated heterocycles. The Morgan fingerprint density at radius 3 is 2.65 bits per heavy atom. The normalized spacial score (nSPS) is 14.2. The number of hydrogen-bond acceptors (Lipinski definition) is 3. The molecule has 8 heteroatoms. The monoisotopic (exact) mass is 374 g/mol. The third-order valence-corrected chi connectivity index (χ3v) is 7.84. The molecule has 0 radical (unpaired) electrons. The molecule has 0 atom stereocenters. The maximum absolute atomic E-state index is 15.4. The molecule has 2 aromatic carbocycles. The third kappa shape index (κ3) is 2.37. The number of pyridine rings is 1. The van der Waals surface area contributed by atoms with Crippen LogP contribution in [0.2, 0.25) is 0 Å². The number of rotatable bonds is 3.